The first-order chi connectivity index (χ1) is 14.6. The lowest BCUT2D eigenvalue weighted by Gasteiger charge is -2.37. The van der Waals surface area contributed by atoms with Gasteiger partial charge in [-0.1, -0.05) is 18.2 Å². The van der Waals surface area contributed by atoms with E-state index in [1.54, 1.807) is 0 Å². The zero-order chi connectivity index (χ0) is 20.9. The smallest absolute Gasteiger partial charge is 0.232 e. The molecule has 2 aromatic rings. The van der Waals surface area contributed by atoms with Gasteiger partial charge >= 0.3 is 0 Å². The van der Waals surface area contributed by atoms with Crippen molar-refractivity contribution in [1.82, 2.24) is 24.8 Å². The Morgan fingerprint density at radius 1 is 1.03 bits per heavy atom. The van der Waals surface area contributed by atoms with Gasteiger partial charge in [0.1, 0.15) is 0 Å². The molecule has 0 bridgehead atoms. The minimum atomic E-state index is 0.0117. The molecule has 0 aliphatic carbocycles. The van der Waals surface area contributed by atoms with E-state index in [2.05, 4.69) is 37.0 Å². The number of anilines is 3. The molecule has 1 aromatic heterocycles. The molecule has 3 heterocycles. The van der Waals surface area contributed by atoms with Gasteiger partial charge in [0.25, 0.3) is 0 Å². The Labute approximate surface area is 177 Å². The van der Waals surface area contributed by atoms with Crippen molar-refractivity contribution in [1.29, 1.82) is 0 Å². The van der Waals surface area contributed by atoms with Crippen LogP contribution < -0.4 is 11.1 Å². The number of aromatic nitrogens is 3. The maximum Gasteiger partial charge on any atom is 0.232 e. The second-order valence-electron chi connectivity index (χ2n) is 8.24. The highest BCUT2D eigenvalue weighted by atomic mass is 16.2. The molecule has 1 aromatic carbocycles. The molecule has 8 nitrogen and oxygen atoms in total. The van der Waals surface area contributed by atoms with Gasteiger partial charge in [-0.05, 0) is 64.3 Å². The zero-order valence-electron chi connectivity index (χ0n) is 17.6. The first kappa shape index (κ1) is 20.5. The van der Waals surface area contributed by atoms with Gasteiger partial charge in [-0.3, -0.25) is 9.69 Å². The highest BCUT2D eigenvalue weighted by molar-refractivity contribution is 5.79. The molecule has 3 N–H and O–H groups in total. The SMILES string of the molecule is C[C@@H](c1nc(N)nc(Nc2ccccc2)n1)N1CCC(C(=O)N2CCCCC2)CC1. The van der Waals surface area contributed by atoms with Gasteiger partial charge in [-0.25, -0.2) is 0 Å². The molecule has 8 heteroatoms. The van der Waals surface area contributed by atoms with E-state index in [1.807, 2.05) is 30.3 Å². The largest absolute Gasteiger partial charge is 0.368 e. The summed E-state index contributed by atoms with van der Waals surface area (Å²) in [5.41, 5.74) is 6.86. The average Bonchev–Trinajstić information content (AvgIpc) is 2.79. The standard InChI is InChI=1S/C22H31N7O/c1-16(19-25-21(23)27-22(26-19)24-18-8-4-2-5-9-18)28-14-10-17(11-15-28)20(30)29-12-6-3-7-13-29/h2,4-5,8-9,16-17H,3,6-7,10-15H2,1H3,(H3,23,24,25,26,27)/t16-/m0/s1. The molecule has 2 fully saturated rings. The Kier molecular flexibility index (Phi) is 6.42. The Bertz CT molecular complexity index is 846. The average molecular weight is 410 g/mol. The number of nitrogens with one attached hydrogen (secondary N) is 1. The van der Waals surface area contributed by atoms with E-state index in [0.717, 1.165) is 57.5 Å². The summed E-state index contributed by atoms with van der Waals surface area (Å²) in [7, 11) is 0. The van der Waals surface area contributed by atoms with Crippen molar-refractivity contribution in [3.63, 3.8) is 0 Å². The molecule has 0 saturated carbocycles. The number of amides is 1. The summed E-state index contributed by atoms with van der Waals surface area (Å²) < 4.78 is 0. The maximum absolute atomic E-state index is 12.8. The minimum Gasteiger partial charge on any atom is -0.368 e. The Morgan fingerprint density at radius 3 is 2.43 bits per heavy atom. The molecule has 2 saturated heterocycles. The molecule has 0 spiro atoms. The number of likely N-dealkylation sites (tertiary alicyclic amines) is 2. The maximum atomic E-state index is 12.8. The highest BCUT2D eigenvalue weighted by Crippen LogP contribution is 2.27. The van der Waals surface area contributed by atoms with Crippen LogP contribution in [0.1, 0.15) is 50.9 Å². The second-order valence-corrected chi connectivity index (χ2v) is 8.24. The number of carbonyl (C=O) groups excluding carboxylic acids is 1. The number of carbonyl (C=O) groups is 1. The van der Waals surface area contributed by atoms with Gasteiger partial charge in [-0.15, -0.1) is 0 Å². The third kappa shape index (κ3) is 4.87. The number of nitrogens with zero attached hydrogens (tertiary/aromatic N) is 5. The van der Waals surface area contributed by atoms with Crippen LogP contribution in [-0.4, -0.2) is 56.8 Å². The van der Waals surface area contributed by atoms with Crippen molar-refractivity contribution in [3.05, 3.63) is 36.2 Å². The van der Waals surface area contributed by atoms with Crippen LogP contribution in [0, 0.1) is 5.92 Å². The number of nitrogen functional groups attached to an aromatic ring is 1. The Hall–Kier alpha value is -2.74. The van der Waals surface area contributed by atoms with E-state index in [0.29, 0.717) is 17.7 Å². The molecule has 4 rings (SSSR count). The van der Waals surface area contributed by atoms with Crippen molar-refractivity contribution in [2.75, 3.05) is 37.2 Å². The molecular weight excluding hydrogens is 378 g/mol. The van der Waals surface area contributed by atoms with E-state index in [9.17, 15) is 4.79 Å². The van der Waals surface area contributed by atoms with Crippen LogP contribution in [0.3, 0.4) is 0 Å². The summed E-state index contributed by atoms with van der Waals surface area (Å²) in [6, 6.07) is 9.77. The lowest BCUT2D eigenvalue weighted by Crippen LogP contribution is -2.45. The Morgan fingerprint density at radius 2 is 1.73 bits per heavy atom. The van der Waals surface area contributed by atoms with Gasteiger partial charge in [-0.2, -0.15) is 15.0 Å². The summed E-state index contributed by atoms with van der Waals surface area (Å²) in [5.74, 6) is 1.80. The van der Waals surface area contributed by atoms with Crippen LogP contribution in [-0.2, 0) is 4.79 Å². The van der Waals surface area contributed by atoms with Crippen LogP contribution in [0.4, 0.5) is 17.6 Å². The lowest BCUT2D eigenvalue weighted by molar-refractivity contribution is -0.138. The summed E-state index contributed by atoms with van der Waals surface area (Å²) in [6.07, 6.45) is 5.30. The molecule has 1 atom stereocenters. The topological polar surface area (TPSA) is 100 Å². The van der Waals surface area contributed by atoms with Gasteiger partial charge < -0.3 is 16.0 Å². The number of hydrogen-bond donors (Lipinski definition) is 2. The van der Waals surface area contributed by atoms with Crippen LogP contribution in [0.2, 0.25) is 0 Å². The number of piperidine rings is 2. The second kappa shape index (κ2) is 9.38. The number of benzene rings is 1. The third-order valence-electron chi connectivity index (χ3n) is 6.17. The first-order valence-electron chi connectivity index (χ1n) is 11.0. The predicted molar refractivity (Wildman–Crippen MR) is 117 cm³/mol. The fourth-order valence-electron chi connectivity index (χ4n) is 4.37. The molecule has 160 valence electrons. The van der Waals surface area contributed by atoms with Crippen molar-refractivity contribution in [2.45, 2.75) is 45.1 Å². The Balaban J connectivity index is 1.38. The predicted octanol–water partition coefficient (Wildman–Crippen LogP) is 2.98. The molecule has 0 unspecified atom stereocenters. The van der Waals surface area contributed by atoms with E-state index in [1.165, 1.54) is 6.42 Å². The van der Waals surface area contributed by atoms with Gasteiger partial charge in [0.15, 0.2) is 5.82 Å². The molecular formula is C22H31N7O. The van der Waals surface area contributed by atoms with E-state index in [4.69, 9.17) is 5.73 Å². The lowest BCUT2D eigenvalue weighted by atomic mass is 9.93. The molecule has 1 amide bonds. The fraction of sp³-hybridized carbons (Fsp3) is 0.545. The van der Waals surface area contributed by atoms with Crippen LogP contribution in [0.25, 0.3) is 0 Å². The van der Waals surface area contributed by atoms with Crippen molar-refractivity contribution in [3.8, 4) is 0 Å². The number of para-hydroxylation sites is 1. The number of nitrogens with two attached hydrogens (primary N) is 1. The summed E-state index contributed by atoms with van der Waals surface area (Å²) in [4.78, 5) is 30.4. The van der Waals surface area contributed by atoms with Gasteiger partial charge in [0, 0.05) is 24.7 Å². The molecule has 30 heavy (non-hydrogen) atoms. The van der Waals surface area contributed by atoms with Crippen molar-refractivity contribution >= 4 is 23.5 Å². The van der Waals surface area contributed by atoms with Gasteiger partial charge in [0.2, 0.25) is 17.8 Å². The number of hydrogen-bond acceptors (Lipinski definition) is 7. The van der Waals surface area contributed by atoms with Crippen LogP contribution in [0.15, 0.2) is 30.3 Å². The summed E-state index contributed by atoms with van der Waals surface area (Å²) in [6.45, 7) is 5.66. The monoisotopic (exact) mass is 409 g/mol. The zero-order valence-corrected chi connectivity index (χ0v) is 17.6. The molecule has 0 radical (unpaired) electrons. The summed E-state index contributed by atoms with van der Waals surface area (Å²) >= 11 is 0. The fourth-order valence-corrected chi connectivity index (χ4v) is 4.37. The first-order valence-corrected chi connectivity index (χ1v) is 11.0. The normalized spacial score (nSPS) is 19.4. The van der Waals surface area contributed by atoms with E-state index < -0.39 is 0 Å². The third-order valence-corrected chi connectivity index (χ3v) is 6.17. The van der Waals surface area contributed by atoms with Crippen molar-refractivity contribution < 1.29 is 4.79 Å². The van der Waals surface area contributed by atoms with Gasteiger partial charge in [0.05, 0.1) is 6.04 Å². The van der Waals surface area contributed by atoms with Crippen LogP contribution in [0.5, 0.6) is 0 Å². The minimum absolute atomic E-state index is 0.0117. The van der Waals surface area contributed by atoms with Crippen LogP contribution >= 0.6 is 0 Å². The molecule has 2 aliphatic rings. The molecule has 2 aliphatic heterocycles. The van der Waals surface area contributed by atoms with E-state index >= 15 is 0 Å². The van der Waals surface area contributed by atoms with Crippen molar-refractivity contribution in [2.24, 2.45) is 5.92 Å². The number of rotatable bonds is 5. The van der Waals surface area contributed by atoms with E-state index in [-0.39, 0.29) is 17.9 Å². The summed E-state index contributed by atoms with van der Waals surface area (Å²) in [5, 5.41) is 3.19. The highest BCUT2D eigenvalue weighted by Gasteiger charge is 2.31. The quantitative estimate of drug-likeness (QED) is 0.783.